The minimum Gasteiger partial charge on any atom is -0.497 e. The lowest BCUT2D eigenvalue weighted by Gasteiger charge is -2.26. The van der Waals surface area contributed by atoms with Crippen molar-refractivity contribution in [2.24, 2.45) is 5.92 Å². The Kier molecular flexibility index (Phi) is 7.69. The number of benzene rings is 3. The van der Waals surface area contributed by atoms with Gasteiger partial charge in [0.2, 0.25) is 0 Å². The fourth-order valence-corrected chi connectivity index (χ4v) is 4.78. The zero-order valence-corrected chi connectivity index (χ0v) is 20.1. The maximum Gasteiger partial charge on any atom is 0.198 e. The van der Waals surface area contributed by atoms with Gasteiger partial charge in [-0.1, -0.05) is 60.1 Å². The van der Waals surface area contributed by atoms with Crippen LogP contribution in [0.3, 0.4) is 0 Å². The number of carbonyl (C=O) groups excluding carboxylic acids is 1. The highest BCUT2D eigenvalue weighted by Gasteiger charge is 2.27. The van der Waals surface area contributed by atoms with E-state index in [2.05, 4.69) is 38.2 Å². The summed E-state index contributed by atoms with van der Waals surface area (Å²) in [5.74, 6) is 0.520. The van der Waals surface area contributed by atoms with Gasteiger partial charge in [-0.25, -0.2) is 0 Å². The van der Waals surface area contributed by atoms with Crippen LogP contribution in [-0.4, -0.2) is 12.2 Å². The minimum atomic E-state index is -0.270. The van der Waals surface area contributed by atoms with Crippen LogP contribution in [0.15, 0.2) is 65.6 Å². The highest BCUT2D eigenvalue weighted by molar-refractivity contribution is 8.13. The third-order valence-electron chi connectivity index (χ3n) is 5.32. The molecule has 3 rings (SSSR count). The Morgan fingerprint density at radius 1 is 0.968 bits per heavy atom. The molecule has 0 unspecified atom stereocenters. The first-order valence-corrected chi connectivity index (χ1v) is 11.4. The van der Waals surface area contributed by atoms with E-state index < -0.39 is 0 Å². The molecule has 5 heteroatoms. The zero-order valence-electron chi connectivity index (χ0n) is 18.5. The second-order valence-corrected chi connectivity index (χ2v) is 9.29. The van der Waals surface area contributed by atoms with Crippen molar-refractivity contribution in [1.82, 2.24) is 0 Å². The van der Waals surface area contributed by atoms with Gasteiger partial charge in [-0.05, 0) is 73.9 Å². The molecule has 0 saturated heterocycles. The molecular weight excluding hydrogens is 426 g/mol. The molecule has 0 heterocycles. The molecule has 0 aliphatic heterocycles. The topological polar surface area (TPSA) is 38.3 Å². The van der Waals surface area contributed by atoms with Crippen molar-refractivity contribution in [3.63, 3.8) is 0 Å². The first-order valence-electron chi connectivity index (χ1n) is 10.2. The van der Waals surface area contributed by atoms with Crippen LogP contribution in [0.5, 0.6) is 5.75 Å². The summed E-state index contributed by atoms with van der Waals surface area (Å²) >= 11 is 7.43. The summed E-state index contributed by atoms with van der Waals surface area (Å²) in [6, 6.07) is 19.4. The molecule has 0 saturated carbocycles. The number of aryl methyl sites for hydroxylation is 3. The number of hydrogen-bond acceptors (Lipinski definition) is 4. The average molecular weight is 454 g/mol. The maximum absolute atomic E-state index is 13.4. The van der Waals surface area contributed by atoms with Gasteiger partial charge in [-0.3, -0.25) is 4.79 Å². The molecule has 1 N–H and O–H groups in total. The smallest absolute Gasteiger partial charge is 0.198 e. The van der Waals surface area contributed by atoms with Crippen LogP contribution >= 0.6 is 23.4 Å². The maximum atomic E-state index is 13.4. The molecule has 0 aliphatic carbocycles. The molecule has 162 valence electrons. The predicted molar refractivity (Wildman–Crippen MR) is 131 cm³/mol. The summed E-state index contributed by atoms with van der Waals surface area (Å²) < 4.78 is 5.25. The molecule has 0 radical (unpaired) electrons. The Bertz CT molecular complexity index is 1030. The predicted octanol–water partition coefficient (Wildman–Crippen LogP) is 7.38. The van der Waals surface area contributed by atoms with E-state index in [1.165, 1.54) is 17.3 Å². The van der Waals surface area contributed by atoms with Crippen LogP contribution in [0.4, 0.5) is 5.69 Å². The van der Waals surface area contributed by atoms with Gasteiger partial charge in [-0.2, -0.15) is 0 Å². The summed E-state index contributed by atoms with van der Waals surface area (Å²) in [7, 11) is 1.64. The van der Waals surface area contributed by atoms with Crippen LogP contribution in [0.1, 0.15) is 35.2 Å². The average Bonchev–Trinajstić information content (AvgIpc) is 2.75. The van der Waals surface area contributed by atoms with E-state index in [1.54, 1.807) is 7.11 Å². The number of hydrogen-bond donors (Lipinski definition) is 1. The lowest BCUT2D eigenvalue weighted by molar-refractivity contribution is -0.114. The van der Waals surface area contributed by atoms with Gasteiger partial charge in [0.05, 0.1) is 19.1 Å². The molecule has 0 bridgehead atoms. The van der Waals surface area contributed by atoms with Gasteiger partial charge in [0, 0.05) is 15.6 Å². The van der Waals surface area contributed by atoms with Crippen molar-refractivity contribution < 1.29 is 9.53 Å². The number of nitrogens with one attached hydrogen (secondary N) is 1. The monoisotopic (exact) mass is 453 g/mol. The minimum absolute atomic E-state index is 0.121. The van der Waals surface area contributed by atoms with E-state index >= 15 is 0 Å². The molecular formula is C26H28ClNO2S. The summed E-state index contributed by atoms with van der Waals surface area (Å²) in [4.78, 5) is 14.4. The molecule has 2 atom stereocenters. The number of carbonyl (C=O) groups is 1. The summed E-state index contributed by atoms with van der Waals surface area (Å²) in [6.07, 6.45) is 0. The standard InChI is InChI=1S/C26H28ClNO2S/c1-16-14-17(2)25(18(3)15-16)31-26(29)19(4)24(20-6-8-21(27)9-7-20)28-22-10-12-23(30-5)13-11-22/h6-15,19,24,28H,1-5H3/t19-,24+/m1/s1. The molecule has 3 nitrogen and oxygen atoms in total. The molecule has 0 aliphatic rings. The largest absolute Gasteiger partial charge is 0.497 e. The molecule has 0 spiro atoms. The second-order valence-electron chi connectivity index (χ2n) is 7.84. The molecule has 0 fully saturated rings. The highest BCUT2D eigenvalue weighted by Crippen LogP contribution is 2.36. The molecule has 0 aromatic heterocycles. The Morgan fingerprint density at radius 2 is 1.55 bits per heavy atom. The van der Waals surface area contributed by atoms with E-state index in [4.69, 9.17) is 16.3 Å². The van der Waals surface area contributed by atoms with E-state index in [1.807, 2.05) is 55.5 Å². The lowest BCUT2D eigenvalue weighted by Crippen LogP contribution is -2.24. The SMILES string of the molecule is COc1ccc(N[C@H](c2ccc(Cl)cc2)[C@@H](C)C(=O)Sc2c(C)cc(C)cc2C)cc1. The number of ether oxygens (including phenoxy) is 1. The number of methoxy groups -OCH3 is 1. The van der Waals surface area contributed by atoms with Crippen LogP contribution in [0.2, 0.25) is 5.02 Å². The van der Waals surface area contributed by atoms with E-state index in [0.717, 1.165) is 33.0 Å². The van der Waals surface area contributed by atoms with E-state index in [9.17, 15) is 4.79 Å². The van der Waals surface area contributed by atoms with Crippen LogP contribution < -0.4 is 10.1 Å². The highest BCUT2D eigenvalue weighted by atomic mass is 35.5. The third kappa shape index (κ3) is 5.84. The Hall–Kier alpha value is -2.43. The molecule has 3 aromatic carbocycles. The fourth-order valence-electron chi connectivity index (χ4n) is 3.69. The van der Waals surface area contributed by atoms with Crippen LogP contribution in [0.25, 0.3) is 0 Å². The van der Waals surface area contributed by atoms with Gasteiger partial charge in [-0.15, -0.1) is 0 Å². The van der Waals surface area contributed by atoms with Crippen molar-refractivity contribution >= 4 is 34.2 Å². The number of halogens is 1. The van der Waals surface area contributed by atoms with Gasteiger partial charge >= 0.3 is 0 Å². The number of thioether (sulfide) groups is 1. The second kappa shape index (κ2) is 10.3. The van der Waals surface area contributed by atoms with Crippen molar-refractivity contribution in [3.8, 4) is 5.75 Å². The van der Waals surface area contributed by atoms with Crippen LogP contribution in [0, 0.1) is 26.7 Å². The Labute approximate surface area is 194 Å². The van der Waals surface area contributed by atoms with Crippen molar-refractivity contribution in [2.45, 2.75) is 38.6 Å². The quantitative estimate of drug-likeness (QED) is 0.378. The van der Waals surface area contributed by atoms with E-state index in [-0.39, 0.29) is 17.1 Å². The van der Waals surface area contributed by atoms with Crippen molar-refractivity contribution in [3.05, 3.63) is 87.9 Å². The van der Waals surface area contributed by atoms with Gasteiger partial charge in [0.1, 0.15) is 5.75 Å². The van der Waals surface area contributed by atoms with Gasteiger partial charge in [0.15, 0.2) is 5.12 Å². The normalized spacial score (nSPS) is 12.8. The number of rotatable bonds is 7. The number of anilines is 1. The first-order chi connectivity index (χ1) is 14.8. The van der Waals surface area contributed by atoms with E-state index in [0.29, 0.717) is 5.02 Å². The van der Waals surface area contributed by atoms with Crippen LogP contribution in [-0.2, 0) is 4.79 Å². The summed E-state index contributed by atoms with van der Waals surface area (Å²) in [5, 5.41) is 4.33. The Morgan fingerprint density at radius 3 is 2.10 bits per heavy atom. The summed E-state index contributed by atoms with van der Waals surface area (Å²) in [6.45, 7) is 8.18. The van der Waals surface area contributed by atoms with Gasteiger partial charge in [0.25, 0.3) is 0 Å². The van der Waals surface area contributed by atoms with Gasteiger partial charge < -0.3 is 10.1 Å². The molecule has 0 amide bonds. The first kappa shape index (κ1) is 23.2. The van der Waals surface area contributed by atoms with Crippen molar-refractivity contribution in [1.29, 1.82) is 0 Å². The zero-order chi connectivity index (χ0) is 22.5. The molecule has 3 aromatic rings. The Balaban J connectivity index is 1.88. The lowest BCUT2D eigenvalue weighted by atomic mass is 9.95. The van der Waals surface area contributed by atoms with Crippen molar-refractivity contribution in [2.75, 3.05) is 12.4 Å². The third-order valence-corrected chi connectivity index (χ3v) is 6.99. The molecule has 31 heavy (non-hydrogen) atoms. The summed E-state index contributed by atoms with van der Waals surface area (Å²) in [5.41, 5.74) is 5.41. The fraction of sp³-hybridized carbons (Fsp3) is 0.269.